The SMILES string of the molecule is COc1ccccc1[C@@H](C)NC(=O)COc1ccc(Br)cc1Cl. The molecule has 2 aromatic carbocycles. The van der Waals surface area contributed by atoms with Gasteiger partial charge in [-0.25, -0.2) is 0 Å². The molecule has 0 unspecified atom stereocenters. The van der Waals surface area contributed by atoms with Crippen LogP contribution in [0.3, 0.4) is 0 Å². The lowest BCUT2D eigenvalue weighted by Gasteiger charge is -2.17. The van der Waals surface area contributed by atoms with E-state index in [4.69, 9.17) is 21.1 Å². The van der Waals surface area contributed by atoms with Gasteiger partial charge in [-0.1, -0.05) is 45.7 Å². The zero-order chi connectivity index (χ0) is 16.8. The summed E-state index contributed by atoms with van der Waals surface area (Å²) in [4.78, 5) is 12.0. The van der Waals surface area contributed by atoms with Gasteiger partial charge < -0.3 is 14.8 Å². The molecule has 0 aromatic heterocycles. The van der Waals surface area contributed by atoms with E-state index in [2.05, 4.69) is 21.2 Å². The van der Waals surface area contributed by atoms with E-state index in [9.17, 15) is 4.79 Å². The highest BCUT2D eigenvalue weighted by molar-refractivity contribution is 9.10. The number of carbonyl (C=O) groups is 1. The molecule has 0 aliphatic rings. The first kappa shape index (κ1) is 17.6. The van der Waals surface area contributed by atoms with Crippen molar-refractivity contribution in [1.82, 2.24) is 5.32 Å². The molecule has 2 aromatic rings. The van der Waals surface area contributed by atoms with E-state index >= 15 is 0 Å². The van der Waals surface area contributed by atoms with Crippen LogP contribution in [-0.2, 0) is 4.79 Å². The summed E-state index contributed by atoms with van der Waals surface area (Å²) >= 11 is 9.37. The number of methoxy groups -OCH3 is 1. The number of halogens is 2. The van der Waals surface area contributed by atoms with Crippen molar-refractivity contribution in [2.24, 2.45) is 0 Å². The highest BCUT2D eigenvalue weighted by atomic mass is 79.9. The second kappa shape index (κ2) is 8.22. The largest absolute Gasteiger partial charge is 0.496 e. The van der Waals surface area contributed by atoms with Crippen molar-refractivity contribution in [1.29, 1.82) is 0 Å². The third-order valence-corrected chi connectivity index (χ3v) is 4.02. The predicted molar refractivity (Wildman–Crippen MR) is 94.2 cm³/mol. The molecule has 0 heterocycles. The summed E-state index contributed by atoms with van der Waals surface area (Å²) in [5.41, 5.74) is 0.907. The number of hydrogen-bond donors (Lipinski definition) is 1. The maximum absolute atomic E-state index is 12.0. The molecule has 23 heavy (non-hydrogen) atoms. The molecule has 1 atom stereocenters. The van der Waals surface area contributed by atoms with Gasteiger partial charge in [0.15, 0.2) is 6.61 Å². The molecule has 0 aliphatic carbocycles. The summed E-state index contributed by atoms with van der Waals surface area (Å²) in [7, 11) is 1.60. The van der Waals surface area contributed by atoms with Gasteiger partial charge in [-0.3, -0.25) is 4.79 Å². The lowest BCUT2D eigenvalue weighted by molar-refractivity contribution is -0.123. The van der Waals surface area contributed by atoms with E-state index in [1.165, 1.54) is 0 Å². The fourth-order valence-corrected chi connectivity index (χ4v) is 2.85. The molecule has 2 rings (SSSR count). The number of benzene rings is 2. The molecule has 1 amide bonds. The number of ether oxygens (including phenoxy) is 2. The number of hydrogen-bond acceptors (Lipinski definition) is 3. The highest BCUT2D eigenvalue weighted by Crippen LogP contribution is 2.28. The Hall–Kier alpha value is -1.72. The van der Waals surface area contributed by atoms with Crippen LogP contribution in [0.5, 0.6) is 11.5 Å². The topological polar surface area (TPSA) is 47.6 Å². The summed E-state index contributed by atoms with van der Waals surface area (Å²) in [6, 6.07) is 12.6. The number of para-hydroxylation sites is 1. The Kier molecular flexibility index (Phi) is 6.30. The Morgan fingerprint density at radius 3 is 2.70 bits per heavy atom. The van der Waals surface area contributed by atoms with Gasteiger partial charge in [0.1, 0.15) is 11.5 Å². The van der Waals surface area contributed by atoms with E-state index in [0.29, 0.717) is 10.8 Å². The van der Waals surface area contributed by atoms with Crippen LogP contribution in [0.15, 0.2) is 46.9 Å². The van der Waals surface area contributed by atoms with E-state index in [1.54, 1.807) is 25.3 Å². The van der Waals surface area contributed by atoms with Crippen molar-refractivity contribution in [2.45, 2.75) is 13.0 Å². The van der Waals surface area contributed by atoms with Crippen molar-refractivity contribution in [3.63, 3.8) is 0 Å². The second-order valence-electron chi connectivity index (χ2n) is 4.89. The first-order valence-electron chi connectivity index (χ1n) is 7.01. The molecule has 0 saturated heterocycles. The van der Waals surface area contributed by atoms with Crippen LogP contribution in [0.4, 0.5) is 0 Å². The van der Waals surface area contributed by atoms with Gasteiger partial charge in [-0.15, -0.1) is 0 Å². The third-order valence-electron chi connectivity index (χ3n) is 3.24. The van der Waals surface area contributed by atoms with Gasteiger partial charge in [-0.05, 0) is 31.2 Å². The average molecular weight is 399 g/mol. The van der Waals surface area contributed by atoms with Crippen molar-refractivity contribution in [2.75, 3.05) is 13.7 Å². The third kappa shape index (κ3) is 4.88. The maximum Gasteiger partial charge on any atom is 0.258 e. The molecule has 0 radical (unpaired) electrons. The van der Waals surface area contributed by atoms with Crippen molar-refractivity contribution in [3.05, 3.63) is 57.5 Å². The minimum absolute atomic E-state index is 0.110. The van der Waals surface area contributed by atoms with Gasteiger partial charge >= 0.3 is 0 Å². The molecule has 0 aliphatic heterocycles. The Labute approximate surface area is 148 Å². The van der Waals surface area contributed by atoms with Crippen LogP contribution in [0, 0.1) is 0 Å². The van der Waals surface area contributed by atoms with Crippen molar-refractivity contribution < 1.29 is 14.3 Å². The van der Waals surface area contributed by atoms with Crippen LogP contribution in [0.25, 0.3) is 0 Å². The summed E-state index contributed by atoms with van der Waals surface area (Å²) in [5.74, 6) is 0.967. The smallest absolute Gasteiger partial charge is 0.258 e. The standard InChI is InChI=1S/C17H17BrClNO3/c1-11(13-5-3-4-6-15(13)22-2)20-17(21)10-23-16-8-7-12(18)9-14(16)19/h3-9,11H,10H2,1-2H3,(H,20,21)/t11-/m1/s1. The number of nitrogens with one attached hydrogen (secondary N) is 1. The van der Waals surface area contributed by atoms with Crippen LogP contribution >= 0.6 is 27.5 Å². The van der Waals surface area contributed by atoms with Gasteiger partial charge in [-0.2, -0.15) is 0 Å². The molecular weight excluding hydrogens is 382 g/mol. The normalized spacial score (nSPS) is 11.7. The Bertz CT molecular complexity index is 693. The summed E-state index contributed by atoms with van der Waals surface area (Å²) in [6.07, 6.45) is 0. The van der Waals surface area contributed by atoms with Gasteiger partial charge in [0.2, 0.25) is 0 Å². The number of carbonyl (C=O) groups excluding carboxylic acids is 1. The van der Waals surface area contributed by atoms with Gasteiger partial charge in [0, 0.05) is 10.0 Å². The molecule has 0 bridgehead atoms. The summed E-state index contributed by atoms with van der Waals surface area (Å²) in [6.45, 7) is 1.78. The summed E-state index contributed by atoms with van der Waals surface area (Å²) < 4.78 is 11.6. The molecular formula is C17H17BrClNO3. The first-order valence-corrected chi connectivity index (χ1v) is 8.18. The molecule has 0 saturated carbocycles. The second-order valence-corrected chi connectivity index (χ2v) is 6.22. The monoisotopic (exact) mass is 397 g/mol. The number of rotatable bonds is 6. The van der Waals surface area contributed by atoms with E-state index < -0.39 is 0 Å². The van der Waals surface area contributed by atoms with E-state index in [-0.39, 0.29) is 18.6 Å². The lowest BCUT2D eigenvalue weighted by atomic mass is 10.1. The molecule has 4 nitrogen and oxygen atoms in total. The van der Waals surface area contributed by atoms with E-state index in [1.807, 2.05) is 31.2 Å². The summed E-state index contributed by atoms with van der Waals surface area (Å²) in [5, 5.41) is 3.32. The minimum Gasteiger partial charge on any atom is -0.496 e. The highest BCUT2D eigenvalue weighted by Gasteiger charge is 2.14. The average Bonchev–Trinajstić information content (AvgIpc) is 2.54. The lowest BCUT2D eigenvalue weighted by Crippen LogP contribution is -2.31. The fraction of sp³-hybridized carbons (Fsp3) is 0.235. The van der Waals surface area contributed by atoms with Crippen molar-refractivity contribution in [3.8, 4) is 11.5 Å². The van der Waals surface area contributed by atoms with Crippen LogP contribution in [-0.4, -0.2) is 19.6 Å². The van der Waals surface area contributed by atoms with Crippen LogP contribution in [0.2, 0.25) is 5.02 Å². The van der Waals surface area contributed by atoms with Gasteiger partial charge in [0.25, 0.3) is 5.91 Å². The van der Waals surface area contributed by atoms with Crippen molar-refractivity contribution >= 4 is 33.4 Å². The number of amides is 1. The van der Waals surface area contributed by atoms with Crippen LogP contribution < -0.4 is 14.8 Å². The minimum atomic E-state index is -0.234. The Morgan fingerprint density at radius 2 is 2.00 bits per heavy atom. The van der Waals surface area contributed by atoms with Gasteiger partial charge in [0.05, 0.1) is 18.2 Å². The Morgan fingerprint density at radius 1 is 1.26 bits per heavy atom. The molecule has 0 spiro atoms. The molecule has 6 heteroatoms. The Balaban J connectivity index is 1.94. The quantitative estimate of drug-likeness (QED) is 0.786. The zero-order valence-electron chi connectivity index (χ0n) is 12.8. The first-order chi connectivity index (χ1) is 11.0. The van der Waals surface area contributed by atoms with Crippen LogP contribution in [0.1, 0.15) is 18.5 Å². The molecule has 1 N–H and O–H groups in total. The fourth-order valence-electron chi connectivity index (χ4n) is 2.12. The molecule has 122 valence electrons. The maximum atomic E-state index is 12.0. The molecule has 0 fully saturated rings. The predicted octanol–water partition coefficient (Wildman–Crippen LogP) is 4.37. The van der Waals surface area contributed by atoms with E-state index in [0.717, 1.165) is 15.8 Å². The zero-order valence-corrected chi connectivity index (χ0v) is 15.1.